The van der Waals surface area contributed by atoms with Crippen LogP contribution in [-0.4, -0.2) is 14.5 Å². The summed E-state index contributed by atoms with van der Waals surface area (Å²) in [6, 6.07) is 3.36. The van der Waals surface area contributed by atoms with Crippen molar-refractivity contribution in [3.8, 4) is 0 Å². The van der Waals surface area contributed by atoms with Gasteiger partial charge in [-0.25, -0.2) is 13.1 Å². The molecule has 114 valence electrons. The van der Waals surface area contributed by atoms with Gasteiger partial charge in [-0.3, -0.25) is 5.84 Å². The maximum absolute atomic E-state index is 12.5. The molecule has 0 aliphatic carbocycles. The standard InChI is InChI=1S/C14H25N3O2S/c1-6-9(2)12(5)17-20(18,19)14-10(3)7-13(16-15)8-11(14)4/h7-9,12,16-17H,6,15H2,1-5H3. The maximum atomic E-state index is 12.5. The van der Waals surface area contributed by atoms with Gasteiger partial charge in [0, 0.05) is 11.7 Å². The topological polar surface area (TPSA) is 84.2 Å². The molecule has 4 N–H and O–H groups in total. The van der Waals surface area contributed by atoms with Crippen LogP contribution in [0, 0.1) is 19.8 Å². The Morgan fingerprint density at radius 3 is 2.10 bits per heavy atom. The molecule has 2 unspecified atom stereocenters. The Balaban J connectivity index is 3.16. The summed E-state index contributed by atoms with van der Waals surface area (Å²) < 4.78 is 27.8. The van der Waals surface area contributed by atoms with Gasteiger partial charge in [0.05, 0.1) is 4.90 Å². The fourth-order valence-corrected chi connectivity index (χ4v) is 4.04. The molecule has 1 aromatic rings. The normalized spacial score (nSPS) is 14.9. The van der Waals surface area contributed by atoms with E-state index in [0.717, 1.165) is 6.42 Å². The maximum Gasteiger partial charge on any atom is 0.241 e. The number of sulfonamides is 1. The fourth-order valence-electron chi connectivity index (χ4n) is 2.23. The largest absolute Gasteiger partial charge is 0.324 e. The van der Waals surface area contributed by atoms with Gasteiger partial charge < -0.3 is 5.43 Å². The monoisotopic (exact) mass is 299 g/mol. The number of hydrogen-bond donors (Lipinski definition) is 3. The van der Waals surface area contributed by atoms with Crippen LogP contribution in [0.2, 0.25) is 0 Å². The van der Waals surface area contributed by atoms with Crippen molar-refractivity contribution in [2.75, 3.05) is 5.43 Å². The summed E-state index contributed by atoms with van der Waals surface area (Å²) in [6.07, 6.45) is 0.928. The van der Waals surface area contributed by atoms with Gasteiger partial charge in [-0.05, 0) is 49.9 Å². The Hall–Kier alpha value is -1.11. The quantitative estimate of drug-likeness (QED) is 0.556. The first kappa shape index (κ1) is 16.9. The first-order valence-electron chi connectivity index (χ1n) is 6.83. The first-order valence-corrected chi connectivity index (χ1v) is 8.31. The SMILES string of the molecule is CCC(C)C(C)NS(=O)(=O)c1c(C)cc(NN)cc1C. The Morgan fingerprint density at radius 1 is 1.20 bits per heavy atom. The number of anilines is 1. The second-order valence-corrected chi connectivity index (χ2v) is 7.03. The van der Waals surface area contributed by atoms with Crippen LogP contribution in [0.1, 0.15) is 38.3 Å². The average molecular weight is 299 g/mol. The molecule has 0 saturated carbocycles. The van der Waals surface area contributed by atoms with Gasteiger partial charge in [0.15, 0.2) is 0 Å². The number of aryl methyl sites for hydroxylation is 2. The van der Waals surface area contributed by atoms with Gasteiger partial charge >= 0.3 is 0 Å². The van der Waals surface area contributed by atoms with Crippen molar-refractivity contribution in [2.24, 2.45) is 11.8 Å². The molecule has 0 bridgehead atoms. The Morgan fingerprint density at radius 2 is 1.70 bits per heavy atom. The minimum atomic E-state index is -3.52. The molecule has 0 amide bonds. The number of nitrogens with two attached hydrogens (primary N) is 1. The average Bonchev–Trinajstić information content (AvgIpc) is 2.35. The molecule has 0 aliphatic rings. The van der Waals surface area contributed by atoms with Crippen molar-refractivity contribution >= 4 is 15.7 Å². The zero-order valence-electron chi connectivity index (χ0n) is 12.8. The van der Waals surface area contributed by atoms with Crippen molar-refractivity contribution in [1.29, 1.82) is 0 Å². The van der Waals surface area contributed by atoms with Crippen molar-refractivity contribution in [3.63, 3.8) is 0 Å². The van der Waals surface area contributed by atoms with Gasteiger partial charge in [0.2, 0.25) is 10.0 Å². The van der Waals surface area contributed by atoms with E-state index in [1.165, 1.54) is 0 Å². The summed E-state index contributed by atoms with van der Waals surface area (Å²) >= 11 is 0. The van der Waals surface area contributed by atoms with E-state index in [-0.39, 0.29) is 12.0 Å². The lowest BCUT2D eigenvalue weighted by atomic mass is 10.0. The van der Waals surface area contributed by atoms with Crippen LogP contribution in [0.5, 0.6) is 0 Å². The molecule has 20 heavy (non-hydrogen) atoms. The number of hydrazine groups is 1. The van der Waals surface area contributed by atoms with E-state index in [4.69, 9.17) is 5.84 Å². The molecule has 0 heterocycles. The smallest absolute Gasteiger partial charge is 0.241 e. The van der Waals surface area contributed by atoms with Crippen LogP contribution in [0.15, 0.2) is 17.0 Å². The van der Waals surface area contributed by atoms with Crippen LogP contribution >= 0.6 is 0 Å². The number of benzene rings is 1. The van der Waals surface area contributed by atoms with E-state index in [1.807, 2.05) is 20.8 Å². The number of hydrogen-bond acceptors (Lipinski definition) is 4. The van der Waals surface area contributed by atoms with E-state index < -0.39 is 10.0 Å². The molecule has 0 radical (unpaired) electrons. The summed E-state index contributed by atoms with van der Waals surface area (Å²) in [5.41, 5.74) is 4.61. The summed E-state index contributed by atoms with van der Waals surface area (Å²) in [4.78, 5) is 0.339. The summed E-state index contributed by atoms with van der Waals surface area (Å²) in [6.45, 7) is 9.53. The molecule has 2 atom stereocenters. The summed E-state index contributed by atoms with van der Waals surface area (Å²) in [5.74, 6) is 5.66. The lowest BCUT2D eigenvalue weighted by molar-refractivity contribution is 0.434. The predicted octanol–water partition coefficient (Wildman–Crippen LogP) is 2.30. The van der Waals surface area contributed by atoms with E-state index in [9.17, 15) is 8.42 Å². The van der Waals surface area contributed by atoms with Crippen LogP contribution in [-0.2, 0) is 10.0 Å². The van der Waals surface area contributed by atoms with Crippen molar-refractivity contribution < 1.29 is 8.42 Å². The summed E-state index contributed by atoms with van der Waals surface area (Å²) in [7, 11) is -3.52. The lowest BCUT2D eigenvalue weighted by Crippen LogP contribution is -2.37. The highest BCUT2D eigenvalue weighted by atomic mass is 32.2. The minimum absolute atomic E-state index is 0.101. The predicted molar refractivity (Wildman–Crippen MR) is 83.0 cm³/mol. The second-order valence-electron chi connectivity index (χ2n) is 5.38. The van der Waals surface area contributed by atoms with Crippen molar-refractivity contribution in [2.45, 2.75) is 52.0 Å². The van der Waals surface area contributed by atoms with Crippen molar-refractivity contribution in [1.82, 2.24) is 4.72 Å². The van der Waals surface area contributed by atoms with Gasteiger partial charge in [-0.2, -0.15) is 0 Å². The van der Waals surface area contributed by atoms with E-state index >= 15 is 0 Å². The molecular formula is C14H25N3O2S. The zero-order chi connectivity index (χ0) is 15.5. The van der Waals surface area contributed by atoms with Crippen molar-refractivity contribution in [3.05, 3.63) is 23.3 Å². The summed E-state index contributed by atoms with van der Waals surface area (Å²) in [5, 5.41) is 0. The van der Waals surface area contributed by atoms with Crippen LogP contribution < -0.4 is 16.0 Å². The molecule has 0 spiro atoms. The number of nitrogens with one attached hydrogen (secondary N) is 2. The molecule has 6 heteroatoms. The molecule has 1 aromatic carbocycles. The Kier molecular flexibility index (Phi) is 5.56. The van der Waals surface area contributed by atoms with Gasteiger partial charge in [-0.1, -0.05) is 20.3 Å². The molecule has 1 rings (SSSR count). The highest BCUT2D eigenvalue weighted by molar-refractivity contribution is 7.89. The Bertz CT molecular complexity index is 547. The van der Waals surface area contributed by atoms with E-state index in [2.05, 4.69) is 10.1 Å². The van der Waals surface area contributed by atoms with Gasteiger partial charge in [-0.15, -0.1) is 0 Å². The molecule has 0 aromatic heterocycles. The lowest BCUT2D eigenvalue weighted by Gasteiger charge is -2.21. The minimum Gasteiger partial charge on any atom is -0.324 e. The van der Waals surface area contributed by atoms with E-state index in [0.29, 0.717) is 21.7 Å². The van der Waals surface area contributed by atoms with Gasteiger partial charge in [0.1, 0.15) is 0 Å². The fraction of sp³-hybridized carbons (Fsp3) is 0.571. The highest BCUT2D eigenvalue weighted by Gasteiger charge is 2.24. The second kappa shape index (κ2) is 6.56. The van der Waals surface area contributed by atoms with Crippen LogP contribution in [0.25, 0.3) is 0 Å². The van der Waals surface area contributed by atoms with E-state index in [1.54, 1.807) is 26.0 Å². The third-order valence-electron chi connectivity index (χ3n) is 3.73. The first-order chi connectivity index (χ1) is 9.22. The molecule has 0 saturated heterocycles. The molecule has 5 nitrogen and oxygen atoms in total. The third kappa shape index (κ3) is 3.71. The van der Waals surface area contributed by atoms with Gasteiger partial charge in [0.25, 0.3) is 0 Å². The number of nitrogen functional groups attached to an aromatic ring is 1. The zero-order valence-corrected chi connectivity index (χ0v) is 13.6. The molecule has 0 fully saturated rings. The van der Waals surface area contributed by atoms with Crippen LogP contribution in [0.4, 0.5) is 5.69 Å². The molecular weight excluding hydrogens is 274 g/mol. The van der Waals surface area contributed by atoms with Crippen LogP contribution in [0.3, 0.4) is 0 Å². The third-order valence-corrected chi connectivity index (χ3v) is 5.60. The Labute approximate surface area is 122 Å². The highest BCUT2D eigenvalue weighted by Crippen LogP contribution is 2.24. The number of rotatable bonds is 6. The molecule has 0 aliphatic heterocycles.